The van der Waals surface area contributed by atoms with E-state index in [-0.39, 0.29) is 17.9 Å². The predicted molar refractivity (Wildman–Crippen MR) is 107 cm³/mol. The standard InChI is InChI=1S/C23H17N3O2/c24-13-18-16-9-6-10-17(16)23(28)26-20-12-5-4-11-19(20)25(22(18)26)14-21(27)15-7-2-1-3-8-15/h1-5,7-8,11-12H,6,9-10,14H2. The molecule has 0 fully saturated rings. The number of benzene rings is 2. The number of imidazole rings is 1. The van der Waals surface area contributed by atoms with Gasteiger partial charge in [0, 0.05) is 11.1 Å². The average Bonchev–Trinajstić information content (AvgIpc) is 3.34. The molecular weight excluding hydrogens is 350 g/mol. The second kappa shape index (κ2) is 6.21. The van der Waals surface area contributed by atoms with Crippen LogP contribution in [0.15, 0.2) is 59.4 Å². The Balaban J connectivity index is 1.86. The zero-order valence-electron chi connectivity index (χ0n) is 15.2. The molecule has 1 aliphatic carbocycles. The Morgan fingerprint density at radius 2 is 1.64 bits per heavy atom. The molecule has 0 saturated heterocycles. The number of para-hydroxylation sites is 2. The van der Waals surface area contributed by atoms with Gasteiger partial charge in [-0.05, 0) is 37.0 Å². The molecule has 0 unspecified atom stereocenters. The van der Waals surface area contributed by atoms with Crippen molar-refractivity contribution in [1.29, 1.82) is 5.26 Å². The minimum Gasteiger partial charge on any atom is -0.317 e. The monoisotopic (exact) mass is 367 g/mol. The van der Waals surface area contributed by atoms with Gasteiger partial charge in [0.05, 0.1) is 23.1 Å². The van der Waals surface area contributed by atoms with E-state index in [9.17, 15) is 14.9 Å². The highest BCUT2D eigenvalue weighted by Gasteiger charge is 2.26. The first-order valence-electron chi connectivity index (χ1n) is 9.36. The van der Waals surface area contributed by atoms with Gasteiger partial charge in [-0.1, -0.05) is 42.5 Å². The molecule has 0 bridgehead atoms. The first-order valence-corrected chi connectivity index (χ1v) is 9.36. The lowest BCUT2D eigenvalue weighted by molar-refractivity contribution is 0.0974. The molecule has 0 amide bonds. The Kier molecular flexibility index (Phi) is 3.66. The van der Waals surface area contributed by atoms with Crippen LogP contribution in [-0.2, 0) is 19.4 Å². The number of aromatic nitrogens is 2. The summed E-state index contributed by atoms with van der Waals surface area (Å²) in [6.45, 7) is 0.0773. The number of Topliss-reactive ketones (excluding diaryl/α,β-unsaturated/α-hetero) is 1. The lowest BCUT2D eigenvalue weighted by Crippen LogP contribution is -2.21. The van der Waals surface area contributed by atoms with Crippen LogP contribution >= 0.6 is 0 Å². The summed E-state index contributed by atoms with van der Waals surface area (Å²) in [6.07, 6.45) is 2.32. The van der Waals surface area contributed by atoms with Gasteiger partial charge in [0.1, 0.15) is 11.7 Å². The maximum atomic E-state index is 13.2. The maximum absolute atomic E-state index is 13.2. The number of carbonyl (C=O) groups excluding carboxylic acids is 1. The minimum atomic E-state index is -0.0661. The number of fused-ring (bicyclic) bond motifs is 4. The fourth-order valence-corrected chi connectivity index (χ4v) is 4.34. The third-order valence-electron chi connectivity index (χ3n) is 5.59. The molecule has 28 heavy (non-hydrogen) atoms. The molecule has 0 radical (unpaired) electrons. The lowest BCUT2D eigenvalue weighted by atomic mass is 10.1. The molecule has 136 valence electrons. The number of nitriles is 1. The van der Waals surface area contributed by atoms with E-state index in [0.717, 1.165) is 35.0 Å². The van der Waals surface area contributed by atoms with Gasteiger partial charge < -0.3 is 4.57 Å². The van der Waals surface area contributed by atoms with Gasteiger partial charge in [0.2, 0.25) is 0 Å². The lowest BCUT2D eigenvalue weighted by Gasteiger charge is -2.10. The van der Waals surface area contributed by atoms with Crippen LogP contribution in [-0.4, -0.2) is 14.8 Å². The van der Waals surface area contributed by atoms with Crippen LogP contribution in [0.25, 0.3) is 16.7 Å². The molecule has 0 saturated carbocycles. The fraction of sp³-hybridized carbons (Fsp3) is 0.174. The third kappa shape index (κ3) is 2.25. The molecule has 5 heteroatoms. The van der Waals surface area contributed by atoms with Gasteiger partial charge >= 0.3 is 0 Å². The summed E-state index contributed by atoms with van der Waals surface area (Å²) in [7, 11) is 0. The number of pyridine rings is 1. The van der Waals surface area contributed by atoms with Crippen molar-refractivity contribution in [2.75, 3.05) is 0 Å². The summed E-state index contributed by atoms with van der Waals surface area (Å²) in [5.74, 6) is -0.0549. The molecule has 2 aromatic heterocycles. The molecule has 2 heterocycles. The van der Waals surface area contributed by atoms with E-state index in [1.54, 1.807) is 16.5 Å². The number of hydrogen-bond donors (Lipinski definition) is 0. The highest BCUT2D eigenvalue weighted by atomic mass is 16.1. The van der Waals surface area contributed by atoms with Crippen LogP contribution < -0.4 is 5.56 Å². The van der Waals surface area contributed by atoms with E-state index >= 15 is 0 Å². The second-order valence-corrected chi connectivity index (χ2v) is 7.13. The van der Waals surface area contributed by atoms with Crippen LogP contribution in [0, 0.1) is 11.3 Å². The molecular formula is C23H17N3O2. The smallest absolute Gasteiger partial charge is 0.260 e. The summed E-state index contributed by atoms with van der Waals surface area (Å²) in [5, 5.41) is 9.93. The topological polar surface area (TPSA) is 67.3 Å². The maximum Gasteiger partial charge on any atom is 0.260 e. The molecule has 5 rings (SSSR count). The predicted octanol–water partition coefficient (Wildman–Crippen LogP) is 3.50. The van der Waals surface area contributed by atoms with Crippen LogP contribution in [0.4, 0.5) is 0 Å². The summed E-state index contributed by atoms with van der Waals surface area (Å²) in [4.78, 5) is 26.2. The van der Waals surface area contributed by atoms with Crippen LogP contribution in [0.5, 0.6) is 0 Å². The molecule has 4 aromatic rings. The Morgan fingerprint density at radius 3 is 2.39 bits per heavy atom. The minimum absolute atomic E-state index is 0.0549. The summed E-state index contributed by atoms with van der Waals surface area (Å²) in [6, 6.07) is 18.9. The van der Waals surface area contributed by atoms with Crippen LogP contribution in [0.3, 0.4) is 0 Å². The SMILES string of the molecule is N#Cc1c2c(c(=O)n3c4ccccc4n(CC(=O)c4ccccc4)c13)CCC2. The zero-order valence-corrected chi connectivity index (χ0v) is 15.2. The van der Waals surface area contributed by atoms with E-state index in [1.807, 2.05) is 47.0 Å². The average molecular weight is 367 g/mol. The Morgan fingerprint density at radius 1 is 0.964 bits per heavy atom. The number of nitrogens with zero attached hydrogens (tertiary/aromatic N) is 3. The summed E-state index contributed by atoms with van der Waals surface area (Å²) >= 11 is 0. The van der Waals surface area contributed by atoms with Crippen molar-refractivity contribution in [3.63, 3.8) is 0 Å². The zero-order chi connectivity index (χ0) is 19.3. The second-order valence-electron chi connectivity index (χ2n) is 7.13. The van der Waals surface area contributed by atoms with Gasteiger partial charge in [-0.3, -0.25) is 14.0 Å². The van der Waals surface area contributed by atoms with Crippen LogP contribution in [0.1, 0.15) is 33.5 Å². The summed E-state index contributed by atoms with van der Waals surface area (Å²) in [5.41, 5.74) is 4.69. The van der Waals surface area contributed by atoms with E-state index in [2.05, 4.69) is 6.07 Å². The third-order valence-corrected chi connectivity index (χ3v) is 5.59. The first-order chi connectivity index (χ1) is 13.7. The largest absolute Gasteiger partial charge is 0.317 e. The van der Waals surface area contributed by atoms with E-state index in [4.69, 9.17) is 0 Å². The fourth-order valence-electron chi connectivity index (χ4n) is 4.34. The highest BCUT2D eigenvalue weighted by Crippen LogP contribution is 2.29. The van der Waals surface area contributed by atoms with Gasteiger partial charge in [-0.2, -0.15) is 5.26 Å². The van der Waals surface area contributed by atoms with E-state index in [1.165, 1.54) is 0 Å². The van der Waals surface area contributed by atoms with Crippen molar-refractivity contribution < 1.29 is 4.79 Å². The molecule has 1 aliphatic rings. The first kappa shape index (κ1) is 16.5. The van der Waals surface area contributed by atoms with Gasteiger partial charge in [0.25, 0.3) is 5.56 Å². The molecule has 2 aromatic carbocycles. The quantitative estimate of drug-likeness (QED) is 0.521. The van der Waals surface area contributed by atoms with Crippen molar-refractivity contribution in [2.24, 2.45) is 0 Å². The van der Waals surface area contributed by atoms with Gasteiger partial charge in [-0.15, -0.1) is 0 Å². The molecule has 0 atom stereocenters. The van der Waals surface area contributed by atoms with Crippen molar-refractivity contribution in [3.05, 3.63) is 87.2 Å². The molecule has 5 nitrogen and oxygen atoms in total. The van der Waals surface area contributed by atoms with Gasteiger partial charge in [-0.25, -0.2) is 0 Å². The molecule has 0 aliphatic heterocycles. The normalized spacial score (nSPS) is 13.0. The summed E-state index contributed by atoms with van der Waals surface area (Å²) < 4.78 is 3.44. The number of ketones is 1. The van der Waals surface area contributed by atoms with Gasteiger partial charge in [0.15, 0.2) is 5.78 Å². The highest BCUT2D eigenvalue weighted by molar-refractivity contribution is 5.97. The van der Waals surface area contributed by atoms with Crippen molar-refractivity contribution in [3.8, 4) is 6.07 Å². The molecule has 0 spiro atoms. The van der Waals surface area contributed by atoms with Crippen molar-refractivity contribution in [1.82, 2.24) is 8.97 Å². The number of hydrogen-bond acceptors (Lipinski definition) is 3. The van der Waals surface area contributed by atoms with Crippen molar-refractivity contribution in [2.45, 2.75) is 25.8 Å². The van der Waals surface area contributed by atoms with Crippen molar-refractivity contribution >= 4 is 22.5 Å². The molecule has 0 N–H and O–H groups in total. The van der Waals surface area contributed by atoms with E-state index < -0.39 is 0 Å². The van der Waals surface area contributed by atoms with Crippen LogP contribution in [0.2, 0.25) is 0 Å². The Bertz CT molecular complexity index is 1350. The number of rotatable bonds is 3. The van der Waals surface area contributed by atoms with E-state index in [0.29, 0.717) is 23.2 Å². The Labute approximate surface area is 161 Å². The number of carbonyl (C=O) groups is 1. The Hall–Kier alpha value is -3.65.